The summed E-state index contributed by atoms with van der Waals surface area (Å²) in [5.41, 5.74) is 3.09. The molecule has 1 atom stereocenters. The highest BCUT2D eigenvalue weighted by Crippen LogP contribution is 2.25. The zero-order valence-corrected chi connectivity index (χ0v) is 14.2. The molecule has 1 saturated heterocycles. The van der Waals surface area contributed by atoms with Gasteiger partial charge in [0.2, 0.25) is 0 Å². The molecule has 1 fully saturated rings. The molecule has 0 spiro atoms. The average molecular weight is 326 g/mol. The number of benzene rings is 1. The maximum atomic E-state index is 11.5. The Labute approximate surface area is 142 Å². The minimum atomic E-state index is -0.00509. The highest BCUT2D eigenvalue weighted by atomic mass is 16.1. The number of fused-ring (bicyclic) bond motifs is 1. The van der Waals surface area contributed by atoms with Crippen molar-refractivity contribution in [2.45, 2.75) is 31.8 Å². The van der Waals surface area contributed by atoms with E-state index in [-0.39, 0.29) is 5.69 Å². The summed E-state index contributed by atoms with van der Waals surface area (Å²) in [6.07, 6.45) is 7.25. The molecule has 1 N–H and O–H groups in total. The fourth-order valence-electron chi connectivity index (χ4n) is 4.12. The Balaban J connectivity index is 1.27. The van der Waals surface area contributed by atoms with Gasteiger partial charge in [-0.05, 0) is 30.4 Å². The minimum Gasteiger partial charge on any atom is -0.313 e. The van der Waals surface area contributed by atoms with Gasteiger partial charge in [-0.15, -0.1) is 0 Å². The van der Waals surface area contributed by atoms with E-state index >= 15 is 0 Å². The van der Waals surface area contributed by atoms with Crippen LogP contribution in [0.3, 0.4) is 0 Å². The predicted octanol–water partition coefficient (Wildman–Crippen LogP) is 1.35. The van der Waals surface area contributed by atoms with Gasteiger partial charge in [0, 0.05) is 57.7 Å². The van der Waals surface area contributed by atoms with Crippen molar-refractivity contribution in [3.05, 3.63) is 58.3 Å². The van der Waals surface area contributed by atoms with Crippen LogP contribution in [0.1, 0.15) is 17.5 Å². The normalized spacial score (nSPS) is 22.4. The lowest BCUT2D eigenvalue weighted by Gasteiger charge is -2.41. The van der Waals surface area contributed by atoms with Crippen molar-refractivity contribution in [1.29, 1.82) is 0 Å². The van der Waals surface area contributed by atoms with E-state index in [0.717, 1.165) is 39.3 Å². The van der Waals surface area contributed by atoms with Crippen LogP contribution >= 0.6 is 0 Å². The van der Waals surface area contributed by atoms with Gasteiger partial charge >= 0.3 is 5.69 Å². The van der Waals surface area contributed by atoms with Crippen LogP contribution in [0.5, 0.6) is 0 Å². The van der Waals surface area contributed by atoms with E-state index in [2.05, 4.69) is 39.0 Å². The van der Waals surface area contributed by atoms with Gasteiger partial charge in [-0.2, -0.15) is 0 Å². The zero-order valence-electron chi connectivity index (χ0n) is 14.2. The summed E-state index contributed by atoms with van der Waals surface area (Å²) in [5.74, 6) is 0. The molecule has 1 aliphatic carbocycles. The van der Waals surface area contributed by atoms with Crippen molar-refractivity contribution < 1.29 is 0 Å². The third kappa shape index (κ3) is 3.32. The molecule has 2 heterocycles. The van der Waals surface area contributed by atoms with Gasteiger partial charge in [-0.1, -0.05) is 24.3 Å². The zero-order chi connectivity index (χ0) is 16.4. The SMILES string of the molecule is O=c1[nH]ccn1CCN1CCN([C@@H]2CCc3ccccc3C2)CC1. The quantitative estimate of drug-likeness (QED) is 0.922. The van der Waals surface area contributed by atoms with Crippen molar-refractivity contribution in [3.8, 4) is 0 Å². The summed E-state index contributed by atoms with van der Waals surface area (Å²) < 4.78 is 1.75. The fourth-order valence-corrected chi connectivity index (χ4v) is 4.12. The van der Waals surface area contributed by atoms with E-state index in [4.69, 9.17) is 0 Å². The molecule has 0 amide bonds. The second-order valence-corrected chi connectivity index (χ2v) is 7.00. The Morgan fingerprint density at radius 1 is 1.04 bits per heavy atom. The molecule has 0 unspecified atom stereocenters. The van der Waals surface area contributed by atoms with Crippen LogP contribution in [-0.2, 0) is 19.4 Å². The molecule has 5 nitrogen and oxygen atoms in total. The van der Waals surface area contributed by atoms with E-state index in [9.17, 15) is 4.79 Å². The van der Waals surface area contributed by atoms with Crippen LogP contribution in [0.15, 0.2) is 41.5 Å². The third-order valence-corrected chi connectivity index (χ3v) is 5.62. The summed E-state index contributed by atoms with van der Waals surface area (Å²) >= 11 is 0. The molecule has 1 aliphatic heterocycles. The highest BCUT2D eigenvalue weighted by molar-refractivity contribution is 5.30. The van der Waals surface area contributed by atoms with Crippen molar-refractivity contribution in [2.24, 2.45) is 0 Å². The van der Waals surface area contributed by atoms with Gasteiger partial charge in [-0.3, -0.25) is 14.4 Å². The summed E-state index contributed by atoms with van der Waals surface area (Å²) in [7, 11) is 0. The number of piperazine rings is 1. The lowest BCUT2D eigenvalue weighted by Crippen LogP contribution is -2.52. The van der Waals surface area contributed by atoms with Gasteiger partial charge in [-0.25, -0.2) is 4.79 Å². The number of nitrogens with zero attached hydrogens (tertiary/aromatic N) is 3. The van der Waals surface area contributed by atoms with E-state index < -0.39 is 0 Å². The molecule has 24 heavy (non-hydrogen) atoms. The smallest absolute Gasteiger partial charge is 0.313 e. The summed E-state index contributed by atoms with van der Waals surface area (Å²) in [6, 6.07) is 9.61. The standard InChI is InChI=1S/C19H26N4O/c24-19-20-7-8-23(19)14-11-21-9-12-22(13-10-21)18-6-5-16-3-1-2-4-17(16)15-18/h1-4,7-8,18H,5-6,9-15H2,(H,20,24)/t18-/m1/s1. The van der Waals surface area contributed by atoms with E-state index in [1.165, 1.54) is 19.3 Å². The van der Waals surface area contributed by atoms with E-state index in [1.54, 1.807) is 21.9 Å². The number of hydrogen-bond acceptors (Lipinski definition) is 3. The van der Waals surface area contributed by atoms with Gasteiger partial charge in [0.15, 0.2) is 0 Å². The Bertz CT molecular complexity index is 727. The first-order chi connectivity index (χ1) is 11.8. The summed E-state index contributed by atoms with van der Waals surface area (Å²) in [4.78, 5) is 19.4. The molecule has 4 rings (SSSR count). The molecule has 1 aromatic heterocycles. The Morgan fingerprint density at radius 2 is 1.83 bits per heavy atom. The highest BCUT2D eigenvalue weighted by Gasteiger charge is 2.26. The molecule has 2 aromatic rings. The molecule has 1 aromatic carbocycles. The fraction of sp³-hybridized carbons (Fsp3) is 0.526. The van der Waals surface area contributed by atoms with Crippen LogP contribution in [0.2, 0.25) is 0 Å². The number of imidazole rings is 1. The van der Waals surface area contributed by atoms with Crippen LogP contribution < -0.4 is 5.69 Å². The van der Waals surface area contributed by atoms with Gasteiger partial charge < -0.3 is 4.98 Å². The third-order valence-electron chi connectivity index (χ3n) is 5.62. The second-order valence-electron chi connectivity index (χ2n) is 7.00. The average Bonchev–Trinajstić information content (AvgIpc) is 3.05. The molecular weight excluding hydrogens is 300 g/mol. The molecule has 0 radical (unpaired) electrons. The van der Waals surface area contributed by atoms with Crippen molar-refractivity contribution in [3.63, 3.8) is 0 Å². The Hall–Kier alpha value is -1.85. The first-order valence-electron chi connectivity index (χ1n) is 9.06. The summed E-state index contributed by atoms with van der Waals surface area (Å²) in [6.45, 7) is 6.25. The maximum absolute atomic E-state index is 11.5. The van der Waals surface area contributed by atoms with Crippen LogP contribution in [0.25, 0.3) is 0 Å². The topological polar surface area (TPSA) is 44.3 Å². The number of hydrogen-bond donors (Lipinski definition) is 1. The van der Waals surface area contributed by atoms with Gasteiger partial charge in [0.25, 0.3) is 0 Å². The molecule has 0 bridgehead atoms. The Morgan fingerprint density at radius 3 is 2.58 bits per heavy atom. The molecule has 2 aliphatic rings. The number of aryl methyl sites for hydroxylation is 1. The number of rotatable bonds is 4. The van der Waals surface area contributed by atoms with Crippen molar-refractivity contribution >= 4 is 0 Å². The maximum Gasteiger partial charge on any atom is 0.325 e. The monoisotopic (exact) mass is 326 g/mol. The van der Waals surface area contributed by atoms with Crippen LogP contribution in [-0.4, -0.2) is 58.1 Å². The lowest BCUT2D eigenvalue weighted by atomic mass is 9.87. The van der Waals surface area contributed by atoms with E-state index in [1.807, 2.05) is 6.20 Å². The first kappa shape index (κ1) is 15.7. The molecule has 0 saturated carbocycles. The minimum absolute atomic E-state index is 0.00509. The summed E-state index contributed by atoms with van der Waals surface area (Å²) in [5, 5.41) is 0. The number of aromatic amines is 1. The van der Waals surface area contributed by atoms with E-state index in [0.29, 0.717) is 6.04 Å². The van der Waals surface area contributed by atoms with Gasteiger partial charge in [0.05, 0.1) is 0 Å². The van der Waals surface area contributed by atoms with Crippen LogP contribution in [0, 0.1) is 0 Å². The molecule has 128 valence electrons. The van der Waals surface area contributed by atoms with Gasteiger partial charge in [0.1, 0.15) is 0 Å². The first-order valence-corrected chi connectivity index (χ1v) is 9.06. The number of aromatic nitrogens is 2. The second kappa shape index (κ2) is 6.95. The lowest BCUT2D eigenvalue weighted by molar-refractivity contribution is 0.0874. The predicted molar refractivity (Wildman–Crippen MR) is 95.3 cm³/mol. The molecule has 5 heteroatoms. The number of H-pyrrole nitrogens is 1. The molecular formula is C19H26N4O. The van der Waals surface area contributed by atoms with Crippen molar-refractivity contribution in [1.82, 2.24) is 19.4 Å². The Kier molecular flexibility index (Phi) is 4.54. The van der Waals surface area contributed by atoms with Crippen molar-refractivity contribution in [2.75, 3.05) is 32.7 Å². The van der Waals surface area contributed by atoms with Crippen LogP contribution in [0.4, 0.5) is 0 Å². The largest absolute Gasteiger partial charge is 0.325 e. The number of nitrogens with one attached hydrogen (secondary N) is 1.